The first kappa shape index (κ1) is 15.1. The number of carbonyl (C=O) groups is 1. The molecule has 2 aromatic rings. The van der Waals surface area contributed by atoms with Gasteiger partial charge in [0.1, 0.15) is 12.4 Å². The first-order chi connectivity index (χ1) is 10.3. The second-order valence-corrected chi connectivity index (χ2v) is 4.86. The van der Waals surface area contributed by atoms with E-state index in [9.17, 15) is 4.79 Å². The molecule has 1 N–H and O–H groups in total. The summed E-state index contributed by atoms with van der Waals surface area (Å²) in [5, 5.41) is 2.87. The molecule has 0 aliphatic heterocycles. The van der Waals surface area contributed by atoms with Crippen molar-refractivity contribution in [3.8, 4) is 5.75 Å². The summed E-state index contributed by atoms with van der Waals surface area (Å²) < 4.78 is 5.63. The molecule has 21 heavy (non-hydrogen) atoms. The second kappa shape index (κ2) is 8.10. The second-order valence-electron chi connectivity index (χ2n) is 4.86. The van der Waals surface area contributed by atoms with Crippen LogP contribution in [0.4, 0.5) is 0 Å². The van der Waals surface area contributed by atoms with Crippen LogP contribution in [0.3, 0.4) is 0 Å². The Labute approximate surface area is 126 Å². The Morgan fingerprint density at radius 3 is 2.57 bits per heavy atom. The van der Waals surface area contributed by atoms with Crippen LogP contribution in [0.5, 0.6) is 5.75 Å². The average molecular weight is 283 g/mol. The van der Waals surface area contributed by atoms with E-state index in [-0.39, 0.29) is 5.91 Å². The van der Waals surface area contributed by atoms with Crippen LogP contribution < -0.4 is 10.1 Å². The minimum absolute atomic E-state index is 0.0205. The van der Waals surface area contributed by atoms with Crippen molar-refractivity contribution in [1.29, 1.82) is 0 Å². The van der Waals surface area contributed by atoms with Gasteiger partial charge in [0.2, 0.25) is 5.91 Å². The predicted octanol–water partition coefficient (Wildman–Crippen LogP) is 2.99. The zero-order valence-corrected chi connectivity index (χ0v) is 12.3. The van der Waals surface area contributed by atoms with Gasteiger partial charge < -0.3 is 10.1 Å². The van der Waals surface area contributed by atoms with E-state index in [0.29, 0.717) is 19.6 Å². The summed E-state index contributed by atoms with van der Waals surface area (Å²) in [6.45, 7) is 3.11. The lowest BCUT2D eigenvalue weighted by Crippen LogP contribution is -2.29. The smallest absolute Gasteiger partial charge is 0.224 e. The number of ether oxygens (including phenoxy) is 1. The number of carbonyl (C=O) groups excluding carboxylic acids is 1. The van der Waals surface area contributed by atoms with Crippen molar-refractivity contribution in [2.24, 2.45) is 0 Å². The highest BCUT2D eigenvalue weighted by molar-refractivity contribution is 5.78. The minimum atomic E-state index is 0.0205. The molecule has 3 heteroatoms. The molecule has 0 aromatic heterocycles. The number of nitrogens with one attached hydrogen (secondary N) is 1. The maximum absolute atomic E-state index is 11.8. The molecular weight excluding hydrogens is 262 g/mol. The molecule has 0 saturated carbocycles. The van der Waals surface area contributed by atoms with Crippen molar-refractivity contribution in [3.63, 3.8) is 0 Å². The Morgan fingerprint density at radius 2 is 1.81 bits per heavy atom. The van der Waals surface area contributed by atoms with Crippen LogP contribution in [0.1, 0.15) is 18.1 Å². The summed E-state index contributed by atoms with van der Waals surface area (Å²) in [7, 11) is 0. The molecule has 0 unspecified atom stereocenters. The summed E-state index contributed by atoms with van der Waals surface area (Å²) in [5.41, 5.74) is 2.27. The van der Waals surface area contributed by atoms with Crippen LogP contribution in [-0.4, -0.2) is 19.1 Å². The van der Waals surface area contributed by atoms with Gasteiger partial charge in [0.25, 0.3) is 0 Å². The molecule has 0 fully saturated rings. The average Bonchev–Trinajstić information content (AvgIpc) is 2.53. The molecule has 0 bridgehead atoms. The fourth-order valence-electron chi connectivity index (χ4n) is 2.06. The van der Waals surface area contributed by atoms with Crippen LogP contribution in [0.2, 0.25) is 0 Å². The monoisotopic (exact) mass is 283 g/mol. The summed E-state index contributed by atoms with van der Waals surface area (Å²) in [5.74, 6) is 0.874. The molecule has 110 valence electrons. The normalized spacial score (nSPS) is 10.1. The van der Waals surface area contributed by atoms with E-state index < -0.39 is 0 Å². The number of hydrogen-bond donors (Lipinski definition) is 1. The summed E-state index contributed by atoms with van der Waals surface area (Å²) in [6, 6.07) is 17.8. The van der Waals surface area contributed by atoms with Crippen molar-refractivity contribution >= 4 is 5.91 Å². The van der Waals surface area contributed by atoms with Gasteiger partial charge in [-0.05, 0) is 29.7 Å². The van der Waals surface area contributed by atoms with Gasteiger partial charge in [-0.1, -0.05) is 49.4 Å². The molecule has 0 saturated heterocycles. The van der Waals surface area contributed by atoms with Gasteiger partial charge in [-0.3, -0.25) is 4.79 Å². The van der Waals surface area contributed by atoms with Crippen LogP contribution in [0, 0.1) is 0 Å². The Hall–Kier alpha value is -2.29. The lowest BCUT2D eigenvalue weighted by Gasteiger charge is -2.09. The van der Waals surface area contributed by atoms with Gasteiger partial charge in [-0.25, -0.2) is 0 Å². The molecule has 0 aliphatic rings. The van der Waals surface area contributed by atoms with E-state index in [2.05, 4.69) is 18.3 Å². The van der Waals surface area contributed by atoms with Crippen molar-refractivity contribution < 1.29 is 9.53 Å². The van der Waals surface area contributed by atoms with Crippen LogP contribution in [0.15, 0.2) is 54.6 Å². The zero-order chi connectivity index (χ0) is 14.9. The predicted molar refractivity (Wildman–Crippen MR) is 84.5 cm³/mol. The quantitative estimate of drug-likeness (QED) is 0.793. The fraction of sp³-hybridized carbons (Fsp3) is 0.278. The Morgan fingerprint density at radius 1 is 1.05 bits per heavy atom. The lowest BCUT2D eigenvalue weighted by atomic mass is 10.1. The highest BCUT2D eigenvalue weighted by Crippen LogP contribution is 2.13. The van der Waals surface area contributed by atoms with E-state index >= 15 is 0 Å². The van der Waals surface area contributed by atoms with Crippen LogP contribution in [0.25, 0.3) is 0 Å². The summed E-state index contributed by atoms with van der Waals surface area (Å²) >= 11 is 0. The fourth-order valence-corrected chi connectivity index (χ4v) is 2.06. The van der Waals surface area contributed by atoms with E-state index in [4.69, 9.17) is 4.74 Å². The molecule has 2 rings (SSSR count). The molecule has 2 aromatic carbocycles. The Bertz CT molecular complexity index is 566. The molecule has 0 aliphatic carbocycles. The summed E-state index contributed by atoms with van der Waals surface area (Å²) in [6.07, 6.45) is 1.40. The Kier molecular flexibility index (Phi) is 5.83. The molecule has 0 spiro atoms. The molecule has 0 atom stereocenters. The lowest BCUT2D eigenvalue weighted by molar-refractivity contribution is -0.120. The van der Waals surface area contributed by atoms with Gasteiger partial charge in [0.15, 0.2) is 0 Å². The SMILES string of the molecule is CCc1cccc(OCCNC(=O)Cc2ccccc2)c1. The van der Waals surface area contributed by atoms with Gasteiger partial charge in [-0.15, -0.1) is 0 Å². The standard InChI is InChI=1S/C18H21NO2/c1-2-15-9-6-10-17(13-15)21-12-11-19-18(20)14-16-7-4-3-5-8-16/h3-10,13H,2,11-12,14H2,1H3,(H,19,20). The maximum atomic E-state index is 11.8. The molecule has 3 nitrogen and oxygen atoms in total. The van der Waals surface area contributed by atoms with Gasteiger partial charge in [0.05, 0.1) is 13.0 Å². The van der Waals surface area contributed by atoms with Crippen LogP contribution in [-0.2, 0) is 17.6 Å². The number of hydrogen-bond acceptors (Lipinski definition) is 2. The van der Waals surface area contributed by atoms with Crippen molar-refractivity contribution in [2.45, 2.75) is 19.8 Å². The van der Waals surface area contributed by atoms with E-state index in [0.717, 1.165) is 17.7 Å². The topological polar surface area (TPSA) is 38.3 Å². The minimum Gasteiger partial charge on any atom is -0.492 e. The highest BCUT2D eigenvalue weighted by atomic mass is 16.5. The number of benzene rings is 2. The number of amides is 1. The molecule has 0 heterocycles. The first-order valence-corrected chi connectivity index (χ1v) is 7.30. The zero-order valence-electron chi connectivity index (χ0n) is 12.3. The first-order valence-electron chi connectivity index (χ1n) is 7.30. The molecular formula is C18H21NO2. The molecule has 0 radical (unpaired) electrons. The van der Waals surface area contributed by atoms with Gasteiger partial charge in [-0.2, -0.15) is 0 Å². The third-order valence-corrected chi connectivity index (χ3v) is 3.21. The number of aryl methyl sites for hydroxylation is 1. The summed E-state index contributed by atoms with van der Waals surface area (Å²) in [4.78, 5) is 11.8. The maximum Gasteiger partial charge on any atom is 0.224 e. The van der Waals surface area contributed by atoms with Crippen molar-refractivity contribution in [3.05, 3.63) is 65.7 Å². The Balaban J connectivity index is 1.68. The third kappa shape index (κ3) is 5.30. The molecule has 1 amide bonds. The van der Waals surface area contributed by atoms with Crippen molar-refractivity contribution in [1.82, 2.24) is 5.32 Å². The van der Waals surface area contributed by atoms with Gasteiger partial charge >= 0.3 is 0 Å². The largest absolute Gasteiger partial charge is 0.492 e. The number of rotatable bonds is 7. The van der Waals surface area contributed by atoms with Crippen molar-refractivity contribution in [2.75, 3.05) is 13.2 Å². The van der Waals surface area contributed by atoms with Crippen LogP contribution >= 0.6 is 0 Å². The third-order valence-electron chi connectivity index (χ3n) is 3.21. The van der Waals surface area contributed by atoms with E-state index in [1.165, 1.54) is 5.56 Å². The highest BCUT2D eigenvalue weighted by Gasteiger charge is 2.02. The van der Waals surface area contributed by atoms with E-state index in [1.807, 2.05) is 48.5 Å². The van der Waals surface area contributed by atoms with Gasteiger partial charge in [0, 0.05) is 0 Å². The van der Waals surface area contributed by atoms with E-state index in [1.54, 1.807) is 0 Å².